The van der Waals surface area contributed by atoms with Crippen molar-refractivity contribution in [3.05, 3.63) is 16.0 Å². The van der Waals surface area contributed by atoms with E-state index in [1.165, 1.54) is 22.6 Å². The average Bonchev–Trinajstić information content (AvgIpc) is 3.05. The summed E-state index contributed by atoms with van der Waals surface area (Å²) in [4.78, 5) is 37.4. The molecular formula is C22H32N2O4S. The molecule has 29 heavy (non-hydrogen) atoms. The first kappa shape index (κ1) is 21.8. The lowest BCUT2D eigenvalue weighted by atomic mass is 9.85. The summed E-state index contributed by atoms with van der Waals surface area (Å²) < 4.78 is 0. The molecule has 1 fully saturated rings. The van der Waals surface area contributed by atoms with Crippen LogP contribution in [0.25, 0.3) is 0 Å². The third kappa shape index (κ3) is 5.81. The predicted molar refractivity (Wildman–Crippen MR) is 115 cm³/mol. The number of amides is 2. The second-order valence-electron chi connectivity index (χ2n) is 8.33. The number of anilines is 1. The fourth-order valence-corrected chi connectivity index (χ4v) is 5.80. The first-order chi connectivity index (χ1) is 14.0. The summed E-state index contributed by atoms with van der Waals surface area (Å²) in [6, 6.07) is 0.220. The van der Waals surface area contributed by atoms with Crippen molar-refractivity contribution in [2.75, 3.05) is 5.32 Å². The lowest BCUT2D eigenvalue weighted by Crippen LogP contribution is -2.37. The van der Waals surface area contributed by atoms with Crippen LogP contribution in [0.15, 0.2) is 0 Å². The fourth-order valence-electron chi connectivity index (χ4n) is 4.42. The van der Waals surface area contributed by atoms with Gasteiger partial charge in [0.15, 0.2) is 0 Å². The molecule has 1 saturated carbocycles. The minimum atomic E-state index is -0.900. The Hall–Kier alpha value is -1.89. The van der Waals surface area contributed by atoms with E-state index in [1.807, 2.05) is 0 Å². The Morgan fingerprint density at radius 3 is 2.55 bits per heavy atom. The predicted octanol–water partition coefficient (Wildman–Crippen LogP) is 4.52. The molecule has 1 atom stereocenters. The van der Waals surface area contributed by atoms with Crippen LogP contribution in [0.2, 0.25) is 0 Å². The number of nitrogens with one attached hydrogen (secondary N) is 2. The molecule has 160 valence electrons. The van der Waals surface area contributed by atoms with E-state index >= 15 is 0 Å². The molecule has 0 saturated heterocycles. The van der Waals surface area contributed by atoms with Gasteiger partial charge in [-0.2, -0.15) is 0 Å². The van der Waals surface area contributed by atoms with Crippen LogP contribution < -0.4 is 10.6 Å². The van der Waals surface area contributed by atoms with Crippen LogP contribution in [0.5, 0.6) is 0 Å². The Balaban J connectivity index is 1.76. The molecule has 2 aliphatic rings. The zero-order valence-corrected chi connectivity index (χ0v) is 18.0. The molecule has 0 bridgehead atoms. The number of aliphatic carboxylic acids is 1. The topological polar surface area (TPSA) is 95.5 Å². The minimum absolute atomic E-state index is 0.0262. The third-order valence-electron chi connectivity index (χ3n) is 6.16. The molecule has 3 rings (SSSR count). The molecule has 1 heterocycles. The summed E-state index contributed by atoms with van der Waals surface area (Å²) in [6.07, 6.45) is 10.0. The molecule has 7 heteroatoms. The van der Waals surface area contributed by atoms with Gasteiger partial charge in [-0.3, -0.25) is 14.4 Å². The zero-order valence-electron chi connectivity index (χ0n) is 17.2. The van der Waals surface area contributed by atoms with E-state index in [2.05, 4.69) is 17.6 Å². The maximum Gasteiger partial charge on any atom is 0.303 e. The Labute approximate surface area is 176 Å². The first-order valence-corrected chi connectivity index (χ1v) is 11.8. The summed E-state index contributed by atoms with van der Waals surface area (Å²) in [5.41, 5.74) is 1.76. The summed E-state index contributed by atoms with van der Waals surface area (Å²) in [5.74, 6) is -0.550. The highest BCUT2D eigenvalue weighted by atomic mass is 32.1. The van der Waals surface area contributed by atoms with E-state index in [-0.39, 0.29) is 30.7 Å². The molecule has 0 unspecified atom stereocenters. The van der Waals surface area contributed by atoms with Crippen molar-refractivity contribution in [3.8, 4) is 0 Å². The largest absolute Gasteiger partial charge is 0.481 e. The molecule has 3 N–H and O–H groups in total. The quantitative estimate of drug-likeness (QED) is 0.576. The molecule has 2 aliphatic carbocycles. The number of carboxylic acids is 1. The van der Waals surface area contributed by atoms with Crippen LogP contribution in [0.4, 0.5) is 5.00 Å². The second kappa shape index (κ2) is 10.2. The molecular weight excluding hydrogens is 388 g/mol. The standard InChI is InChI=1S/C22H32N2O4S/c1-2-14-11-12-16-17(13-14)29-22(24-18(25)9-6-10-19(26)27)20(16)21(28)23-15-7-4-3-5-8-15/h14-15H,2-13H2,1H3,(H,23,28)(H,24,25)(H,26,27)/t14-/m1/s1. The monoisotopic (exact) mass is 420 g/mol. The van der Waals surface area contributed by atoms with E-state index in [9.17, 15) is 14.4 Å². The third-order valence-corrected chi connectivity index (χ3v) is 7.33. The maximum atomic E-state index is 13.2. The molecule has 2 amide bonds. The van der Waals surface area contributed by atoms with Crippen molar-refractivity contribution in [2.24, 2.45) is 5.92 Å². The van der Waals surface area contributed by atoms with Gasteiger partial charge in [0.05, 0.1) is 5.56 Å². The smallest absolute Gasteiger partial charge is 0.303 e. The number of carbonyl (C=O) groups is 3. The van der Waals surface area contributed by atoms with Gasteiger partial charge in [-0.15, -0.1) is 11.3 Å². The lowest BCUT2D eigenvalue weighted by Gasteiger charge is -2.24. The Morgan fingerprint density at radius 2 is 1.86 bits per heavy atom. The summed E-state index contributed by atoms with van der Waals surface area (Å²) in [5, 5.41) is 15.5. The molecule has 0 aliphatic heterocycles. The maximum absolute atomic E-state index is 13.2. The number of hydrogen-bond donors (Lipinski definition) is 3. The van der Waals surface area contributed by atoms with E-state index in [1.54, 1.807) is 0 Å². The van der Waals surface area contributed by atoms with Gasteiger partial charge >= 0.3 is 5.97 Å². The highest BCUT2D eigenvalue weighted by molar-refractivity contribution is 7.17. The molecule has 1 aromatic heterocycles. The molecule has 6 nitrogen and oxygen atoms in total. The SMILES string of the molecule is CC[C@@H]1CCc2c(sc(NC(=O)CCCC(=O)O)c2C(=O)NC2CCCCC2)C1. The summed E-state index contributed by atoms with van der Waals surface area (Å²) in [7, 11) is 0. The van der Waals surface area contributed by atoms with Gasteiger partial charge in [0.2, 0.25) is 5.91 Å². The van der Waals surface area contributed by atoms with Crippen molar-refractivity contribution in [1.82, 2.24) is 5.32 Å². The van der Waals surface area contributed by atoms with E-state index in [4.69, 9.17) is 5.11 Å². The van der Waals surface area contributed by atoms with Crippen molar-refractivity contribution in [1.29, 1.82) is 0 Å². The lowest BCUT2D eigenvalue weighted by molar-refractivity contribution is -0.137. The Bertz CT molecular complexity index is 752. The fraction of sp³-hybridized carbons (Fsp3) is 0.682. The first-order valence-electron chi connectivity index (χ1n) is 10.9. The normalized spacial score (nSPS) is 19.4. The zero-order chi connectivity index (χ0) is 20.8. The van der Waals surface area contributed by atoms with Gasteiger partial charge in [0.25, 0.3) is 5.91 Å². The highest BCUT2D eigenvalue weighted by Crippen LogP contribution is 2.40. The summed E-state index contributed by atoms with van der Waals surface area (Å²) >= 11 is 1.53. The van der Waals surface area contributed by atoms with Crippen LogP contribution in [0.1, 0.15) is 91.9 Å². The van der Waals surface area contributed by atoms with Crippen molar-refractivity contribution >= 4 is 34.1 Å². The summed E-state index contributed by atoms with van der Waals surface area (Å²) in [6.45, 7) is 2.20. The molecule has 0 radical (unpaired) electrons. The number of thiophene rings is 1. The number of hydrogen-bond acceptors (Lipinski definition) is 4. The number of carbonyl (C=O) groups excluding carboxylic acids is 2. The Morgan fingerprint density at radius 1 is 1.10 bits per heavy atom. The molecule has 0 aromatic carbocycles. The van der Waals surface area contributed by atoms with Gasteiger partial charge in [-0.25, -0.2) is 0 Å². The van der Waals surface area contributed by atoms with E-state index in [0.717, 1.165) is 56.9 Å². The van der Waals surface area contributed by atoms with Crippen LogP contribution in [0.3, 0.4) is 0 Å². The number of fused-ring (bicyclic) bond motifs is 1. The van der Waals surface area contributed by atoms with Crippen LogP contribution in [0, 0.1) is 5.92 Å². The number of rotatable bonds is 8. The van der Waals surface area contributed by atoms with Crippen molar-refractivity contribution in [2.45, 2.75) is 90.0 Å². The van der Waals surface area contributed by atoms with Gasteiger partial charge in [-0.05, 0) is 50.0 Å². The molecule has 1 aromatic rings. The van der Waals surface area contributed by atoms with Gasteiger partial charge in [0, 0.05) is 23.8 Å². The molecule has 0 spiro atoms. The van der Waals surface area contributed by atoms with Crippen LogP contribution in [-0.4, -0.2) is 28.9 Å². The van der Waals surface area contributed by atoms with Crippen molar-refractivity contribution in [3.63, 3.8) is 0 Å². The van der Waals surface area contributed by atoms with E-state index in [0.29, 0.717) is 22.9 Å². The van der Waals surface area contributed by atoms with Gasteiger partial charge in [-0.1, -0.05) is 32.6 Å². The van der Waals surface area contributed by atoms with Crippen LogP contribution >= 0.6 is 11.3 Å². The van der Waals surface area contributed by atoms with Crippen LogP contribution in [-0.2, 0) is 22.4 Å². The van der Waals surface area contributed by atoms with Gasteiger partial charge in [0.1, 0.15) is 5.00 Å². The average molecular weight is 421 g/mol. The highest BCUT2D eigenvalue weighted by Gasteiger charge is 2.30. The van der Waals surface area contributed by atoms with E-state index < -0.39 is 5.97 Å². The minimum Gasteiger partial charge on any atom is -0.481 e. The van der Waals surface area contributed by atoms with Crippen molar-refractivity contribution < 1.29 is 19.5 Å². The number of carboxylic acid groups (broad SMARTS) is 1. The Kier molecular flexibility index (Phi) is 7.70. The van der Waals surface area contributed by atoms with Gasteiger partial charge < -0.3 is 15.7 Å². The second-order valence-corrected chi connectivity index (χ2v) is 9.43.